The predicted molar refractivity (Wildman–Crippen MR) is 89.4 cm³/mol. The number of para-hydroxylation sites is 1. The van der Waals surface area contributed by atoms with Crippen LogP contribution < -0.4 is 5.32 Å². The number of H-pyrrole nitrogens is 1. The van der Waals surface area contributed by atoms with Crippen LogP contribution in [0.2, 0.25) is 0 Å². The molecule has 2 aliphatic heterocycles. The molecule has 1 spiro atoms. The molecule has 2 aromatic rings. The zero-order valence-electron chi connectivity index (χ0n) is 13.2. The lowest BCUT2D eigenvalue weighted by atomic mass is 9.72. The fourth-order valence-corrected chi connectivity index (χ4v) is 4.11. The number of aliphatic hydroxyl groups is 1. The lowest BCUT2D eigenvalue weighted by Gasteiger charge is -2.48. The highest BCUT2D eigenvalue weighted by Crippen LogP contribution is 2.36. The number of nitrogens with zero attached hydrogens (tertiary/aromatic N) is 1. The van der Waals surface area contributed by atoms with Gasteiger partial charge in [-0.25, -0.2) is 0 Å². The van der Waals surface area contributed by atoms with E-state index in [1.165, 1.54) is 0 Å². The molecule has 1 aromatic carbocycles. The molecule has 122 valence electrons. The minimum atomic E-state index is -0.318. The highest BCUT2D eigenvalue weighted by Gasteiger charge is 2.44. The van der Waals surface area contributed by atoms with Gasteiger partial charge in [-0.3, -0.25) is 4.79 Å². The van der Waals surface area contributed by atoms with Crippen LogP contribution in [0.4, 0.5) is 0 Å². The molecule has 23 heavy (non-hydrogen) atoms. The van der Waals surface area contributed by atoms with E-state index in [0.29, 0.717) is 12.2 Å². The Bertz CT molecular complexity index is 689. The van der Waals surface area contributed by atoms with Gasteiger partial charge in [0.2, 0.25) is 0 Å². The monoisotopic (exact) mass is 313 g/mol. The molecule has 0 saturated carbocycles. The third-order valence-corrected chi connectivity index (χ3v) is 5.43. The van der Waals surface area contributed by atoms with Crippen molar-refractivity contribution in [3.05, 3.63) is 36.0 Å². The van der Waals surface area contributed by atoms with Crippen LogP contribution in [-0.2, 0) is 0 Å². The number of likely N-dealkylation sites (tertiary alicyclic amines) is 1. The van der Waals surface area contributed by atoms with E-state index in [9.17, 15) is 9.90 Å². The smallest absolute Gasteiger partial charge is 0.270 e. The van der Waals surface area contributed by atoms with Crippen LogP contribution in [0.5, 0.6) is 0 Å². The predicted octanol–water partition coefficient (Wildman–Crippen LogP) is 1.74. The van der Waals surface area contributed by atoms with E-state index in [0.717, 1.165) is 49.8 Å². The van der Waals surface area contributed by atoms with Crippen molar-refractivity contribution in [2.45, 2.75) is 25.4 Å². The highest BCUT2D eigenvalue weighted by molar-refractivity contribution is 5.98. The van der Waals surface area contributed by atoms with Crippen molar-refractivity contribution in [1.82, 2.24) is 15.2 Å². The first-order chi connectivity index (χ1) is 11.2. The molecular formula is C18H23N3O2. The Kier molecular flexibility index (Phi) is 3.62. The number of fused-ring (bicyclic) bond motifs is 1. The van der Waals surface area contributed by atoms with Crippen LogP contribution in [0.1, 0.15) is 29.8 Å². The summed E-state index contributed by atoms with van der Waals surface area (Å²) in [5, 5.41) is 14.9. The van der Waals surface area contributed by atoms with E-state index in [1.54, 1.807) is 0 Å². The van der Waals surface area contributed by atoms with Crippen molar-refractivity contribution in [3.8, 4) is 0 Å². The number of hydrogen-bond donors (Lipinski definition) is 3. The molecule has 0 unspecified atom stereocenters. The Hall–Kier alpha value is -1.85. The maximum Gasteiger partial charge on any atom is 0.270 e. The molecule has 2 fully saturated rings. The molecule has 1 aromatic heterocycles. The average Bonchev–Trinajstić information content (AvgIpc) is 3.01. The van der Waals surface area contributed by atoms with Crippen molar-refractivity contribution in [1.29, 1.82) is 0 Å². The van der Waals surface area contributed by atoms with Crippen LogP contribution in [0.15, 0.2) is 30.3 Å². The number of rotatable bonds is 1. The quantitative estimate of drug-likeness (QED) is 0.751. The lowest BCUT2D eigenvalue weighted by Crippen LogP contribution is -2.58. The van der Waals surface area contributed by atoms with Gasteiger partial charge in [0.15, 0.2) is 0 Å². The van der Waals surface area contributed by atoms with Crippen molar-refractivity contribution in [3.63, 3.8) is 0 Å². The summed E-state index contributed by atoms with van der Waals surface area (Å²) in [7, 11) is 0. The number of carbonyl (C=O) groups is 1. The Labute approximate surface area is 135 Å². The second-order valence-corrected chi connectivity index (χ2v) is 6.94. The molecule has 1 amide bonds. The van der Waals surface area contributed by atoms with Gasteiger partial charge in [-0.15, -0.1) is 0 Å². The number of piperidine rings is 2. The van der Waals surface area contributed by atoms with Gasteiger partial charge < -0.3 is 20.3 Å². The number of nitrogens with one attached hydrogen (secondary N) is 2. The molecule has 4 rings (SSSR count). The Balaban J connectivity index is 1.58. The highest BCUT2D eigenvalue weighted by atomic mass is 16.3. The number of aromatic nitrogens is 1. The van der Waals surface area contributed by atoms with E-state index in [4.69, 9.17) is 0 Å². The minimum Gasteiger partial charge on any atom is -0.392 e. The fraction of sp³-hybridized carbons (Fsp3) is 0.500. The molecule has 5 heteroatoms. The maximum absolute atomic E-state index is 12.9. The van der Waals surface area contributed by atoms with E-state index >= 15 is 0 Å². The topological polar surface area (TPSA) is 68.4 Å². The summed E-state index contributed by atoms with van der Waals surface area (Å²) < 4.78 is 0. The SMILES string of the molecule is O=C(c1cc2ccccc2[nH]1)N1CCC[C@]2(CNCC[C@@H]2O)C1. The van der Waals surface area contributed by atoms with E-state index in [-0.39, 0.29) is 17.4 Å². The zero-order valence-corrected chi connectivity index (χ0v) is 13.2. The summed E-state index contributed by atoms with van der Waals surface area (Å²) in [6, 6.07) is 9.86. The van der Waals surface area contributed by atoms with Gasteiger partial charge in [-0.2, -0.15) is 0 Å². The third-order valence-electron chi connectivity index (χ3n) is 5.43. The van der Waals surface area contributed by atoms with Crippen LogP contribution >= 0.6 is 0 Å². The molecule has 0 bridgehead atoms. The van der Waals surface area contributed by atoms with Gasteiger partial charge in [0.05, 0.1) is 6.10 Å². The number of aliphatic hydroxyl groups excluding tert-OH is 1. The number of carbonyl (C=O) groups excluding carboxylic acids is 1. The first-order valence-electron chi connectivity index (χ1n) is 8.44. The number of aromatic amines is 1. The second kappa shape index (κ2) is 5.65. The van der Waals surface area contributed by atoms with Gasteiger partial charge in [0.25, 0.3) is 5.91 Å². The third kappa shape index (κ3) is 2.54. The van der Waals surface area contributed by atoms with Crippen molar-refractivity contribution in [2.24, 2.45) is 5.41 Å². The standard InChI is InChI=1S/C18H23N3O2/c22-16-6-8-19-11-18(16)7-3-9-21(12-18)17(23)15-10-13-4-1-2-5-14(13)20-15/h1-2,4-5,10,16,19-20,22H,3,6-9,11-12H2/t16-,18-/m0/s1. The molecule has 0 radical (unpaired) electrons. The van der Waals surface area contributed by atoms with Gasteiger partial charge in [0, 0.05) is 36.0 Å². The summed E-state index contributed by atoms with van der Waals surface area (Å²) in [6.07, 6.45) is 2.39. The zero-order chi connectivity index (χ0) is 15.9. The summed E-state index contributed by atoms with van der Waals surface area (Å²) in [5.41, 5.74) is 1.45. The Morgan fingerprint density at radius 3 is 3.04 bits per heavy atom. The fourth-order valence-electron chi connectivity index (χ4n) is 4.11. The largest absolute Gasteiger partial charge is 0.392 e. The summed E-state index contributed by atoms with van der Waals surface area (Å²) in [5.74, 6) is 0.0399. The normalized spacial score (nSPS) is 28.4. The van der Waals surface area contributed by atoms with Gasteiger partial charge >= 0.3 is 0 Å². The first-order valence-corrected chi connectivity index (χ1v) is 8.44. The molecule has 3 N–H and O–H groups in total. The van der Waals surface area contributed by atoms with Crippen molar-refractivity contribution >= 4 is 16.8 Å². The Morgan fingerprint density at radius 2 is 2.22 bits per heavy atom. The molecule has 2 atom stereocenters. The lowest BCUT2D eigenvalue weighted by molar-refractivity contribution is -0.0433. The summed E-state index contributed by atoms with van der Waals surface area (Å²) in [6.45, 7) is 3.06. The summed E-state index contributed by atoms with van der Waals surface area (Å²) >= 11 is 0. The van der Waals surface area contributed by atoms with Crippen molar-refractivity contribution in [2.75, 3.05) is 26.2 Å². The number of benzene rings is 1. The molecule has 0 aliphatic carbocycles. The minimum absolute atomic E-state index is 0.0399. The first kappa shape index (κ1) is 14.7. The maximum atomic E-state index is 12.9. The van der Waals surface area contributed by atoms with Gasteiger partial charge in [0.1, 0.15) is 5.69 Å². The van der Waals surface area contributed by atoms with Crippen molar-refractivity contribution < 1.29 is 9.90 Å². The van der Waals surface area contributed by atoms with Crippen LogP contribution in [-0.4, -0.2) is 53.2 Å². The molecule has 5 nitrogen and oxygen atoms in total. The summed E-state index contributed by atoms with van der Waals surface area (Å²) in [4.78, 5) is 18.0. The van der Waals surface area contributed by atoms with E-state index in [1.807, 2.05) is 35.2 Å². The van der Waals surface area contributed by atoms with E-state index < -0.39 is 0 Å². The molecule has 3 heterocycles. The Morgan fingerprint density at radius 1 is 1.35 bits per heavy atom. The van der Waals surface area contributed by atoms with Crippen LogP contribution in [0.3, 0.4) is 0 Å². The van der Waals surface area contributed by atoms with Crippen LogP contribution in [0, 0.1) is 5.41 Å². The van der Waals surface area contributed by atoms with E-state index in [2.05, 4.69) is 10.3 Å². The van der Waals surface area contributed by atoms with Gasteiger partial charge in [-0.1, -0.05) is 18.2 Å². The number of amides is 1. The number of hydrogen-bond acceptors (Lipinski definition) is 3. The van der Waals surface area contributed by atoms with Crippen LogP contribution in [0.25, 0.3) is 10.9 Å². The molecule has 2 saturated heterocycles. The molecule has 2 aliphatic rings. The molecular weight excluding hydrogens is 290 g/mol. The average molecular weight is 313 g/mol. The van der Waals surface area contributed by atoms with Gasteiger partial charge in [-0.05, 0) is 37.9 Å². The second-order valence-electron chi connectivity index (χ2n) is 6.94.